The number of aromatic nitrogens is 2. The zero-order valence-electron chi connectivity index (χ0n) is 18.5. The summed E-state index contributed by atoms with van der Waals surface area (Å²) in [5, 5.41) is 12.9. The van der Waals surface area contributed by atoms with E-state index < -0.39 is 0 Å². The summed E-state index contributed by atoms with van der Waals surface area (Å²) < 4.78 is 0. The number of nitrogens with one attached hydrogen (secondary N) is 2. The fraction of sp³-hybridized carbons (Fsp3) is 0.360. The number of hydrogen-bond donors (Lipinski definition) is 3. The molecule has 0 amide bonds. The van der Waals surface area contributed by atoms with Crippen LogP contribution in [0.2, 0.25) is 0 Å². The van der Waals surface area contributed by atoms with Crippen LogP contribution in [-0.2, 0) is 10.8 Å². The number of non-ortho nitro benzene ring substituents is 1. The van der Waals surface area contributed by atoms with E-state index in [4.69, 9.17) is 5.73 Å². The molecule has 0 saturated carbocycles. The fourth-order valence-corrected chi connectivity index (χ4v) is 3.18. The number of fused-ring (bicyclic) bond motifs is 2. The summed E-state index contributed by atoms with van der Waals surface area (Å²) in [4.78, 5) is 16.9. The molecule has 0 aliphatic carbocycles. The van der Waals surface area contributed by atoms with E-state index in [0.29, 0.717) is 0 Å². The van der Waals surface area contributed by atoms with Crippen LogP contribution in [0.15, 0.2) is 48.5 Å². The van der Waals surface area contributed by atoms with Gasteiger partial charge in [-0.25, -0.2) is 0 Å². The molecule has 0 saturated heterocycles. The highest BCUT2D eigenvalue weighted by Gasteiger charge is 2.17. The second-order valence-corrected chi connectivity index (χ2v) is 9.74. The van der Waals surface area contributed by atoms with Gasteiger partial charge in [-0.1, -0.05) is 55.0 Å². The molecule has 6 heteroatoms. The van der Waals surface area contributed by atoms with Crippen molar-refractivity contribution >= 4 is 33.2 Å². The number of anilines is 1. The summed E-state index contributed by atoms with van der Waals surface area (Å²) in [6, 6.07) is 15.1. The minimum Gasteiger partial charge on any atom is -0.399 e. The highest BCUT2D eigenvalue weighted by molar-refractivity contribution is 5.84. The first-order valence-electron chi connectivity index (χ1n) is 10.0. The van der Waals surface area contributed by atoms with Crippen molar-refractivity contribution in [3.8, 4) is 0 Å². The first kappa shape index (κ1) is 24.0. The average molecular weight is 423 g/mol. The molecule has 6 nitrogen and oxygen atoms in total. The van der Waals surface area contributed by atoms with Crippen LogP contribution in [-0.4, -0.2) is 14.9 Å². The van der Waals surface area contributed by atoms with E-state index in [1.165, 1.54) is 17.1 Å². The normalized spacial score (nSPS) is 11.7. The molecule has 0 bridgehead atoms. The molecule has 0 unspecified atom stereocenters. The molecule has 4 aromatic rings. The van der Waals surface area contributed by atoms with Gasteiger partial charge in [0.15, 0.2) is 0 Å². The summed E-state index contributed by atoms with van der Waals surface area (Å²) in [6.45, 7) is 12.9. The van der Waals surface area contributed by atoms with Gasteiger partial charge in [0.05, 0.1) is 10.4 Å². The summed E-state index contributed by atoms with van der Waals surface area (Å²) in [5.74, 6) is 0. The van der Waals surface area contributed by atoms with Crippen LogP contribution >= 0.6 is 0 Å². The number of hydrogen-bond acceptors (Lipinski definition) is 3. The fourth-order valence-electron chi connectivity index (χ4n) is 3.18. The standard InChI is InChI=1S/C12H14N2O2.C12H16N2.CH4/c1-12(2,3)11-6-8-4-5-9(14(15)16)7-10(8)13-11;1-12(2,3)11-6-8-4-5-9(13)7-10(8)14-11;/h4-7,13H,1-3H3;4-7,14H,13H2,1-3H3;1H4. The quantitative estimate of drug-likeness (QED) is 0.174. The molecule has 0 radical (unpaired) electrons. The van der Waals surface area contributed by atoms with Crippen LogP contribution in [0.5, 0.6) is 0 Å². The Morgan fingerprint density at radius 2 is 1.23 bits per heavy atom. The number of rotatable bonds is 1. The molecule has 0 atom stereocenters. The molecular weight excluding hydrogens is 388 g/mol. The lowest BCUT2D eigenvalue weighted by Crippen LogP contribution is -2.10. The van der Waals surface area contributed by atoms with Crippen molar-refractivity contribution in [1.82, 2.24) is 9.97 Å². The molecule has 2 heterocycles. The number of nitro groups is 1. The van der Waals surface area contributed by atoms with E-state index in [1.807, 2.05) is 18.2 Å². The minimum atomic E-state index is -0.378. The predicted molar refractivity (Wildman–Crippen MR) is 132 cm³/mol. The maximum Gasteiger partial charge on any atom is 0.271 e. The van der Waals surface area contributed by atoms with Gasteiger partial charge in [-0.3, -0.25) is 10.1 Å². The van der Waals surface area contributed by atoms with E-state index in [0.717, 1.165) is 27.8 Å². The highest BCUT2D eigenvalue weighted by Crippen LogP contribution is 2.28. The largest absolute Gasteiger partial charge is 0.399 e. The van der Waals surface area contributed by atoms with Crippen molar-refractivity contribution in [3.05, 3.63) is 70.0 Å². The first-order valence-corrected chi connectivity index (χ1v) is 10.0. The van der Waals surface area contributed by atoms with Crippen molar-refractivity contribution in [2.75, 3.05) is 5.73 Å². The van der Waals surface area contributed by atoms with Crippen molar-refractivity contribution in [2.45, 2.75) is 59.8 Å². The van der Waals surface area contributed by atoms with E-state index >= 15 is 0 Å². The SMILES string of the molecule is C.CC(C)(C)c1cc2ccc(N)cc2[nH]1.CC(C)(C)c1cc2ccc([N+](=O)[O-])cc2[nH]1. The predicted octanol–water partition coefficient (Wildman–Crippen LogP) is 7.06. The van der Waals surface area contributed by atoms with Crippen LogP contribution in [0.4, 0.5) is 11.4 Å². The molecule has 31 heavy (non-hydrogen) atoms. The van der Waals surface area contributed by atoms with E-state index in [2.05, 4.69) is 63.6 Å². The Hall–Kier alpha value is -3.28. The average Bonchev–Trinajstić information content (AvgIpc) is 3.24. The van der Waals surface area contributed by atoms with Crippen molar-refractivity contribution < 1.29 is 4.92 Å². The summed E-state index contributed by atoms with van der Waals surface area (Å²) in [5.41, 5.74) is 11.1. The number of nitrogen functional groups attached to an aromatic ring is 1. The minimum absolute atomic E-state index is 0. The third-order valence-electron chi connectivity index (χ3n) is 5.08. The lowest BCUT2D eigenvalue weighted by atomic mass is 9.92. The van der Waals surface area contributed by atoms with Gasteiger partial charge in [-0.2, -0.15) is 0 Å². The smallest absolute Gasteiger partial charge is 0.271 e. The molecule has 4 rings (SSSR count). The van der Waals surface area contributed by atoms with Crippen LogP contribution in [0.3, 0.4) is 0 Å². The van der Waals surface area contributed by atoms with Crippen molar-refractivity contribution in [2.24, 2.45) is 0 Å². The topological polar surface area (TPSA) is 101 Å². The molecule has 2 aromatic heterocycles. The highest BCUT2D eigenvalue weighted by atomic mass is 16.6. The Bertz CT molecular complexity index is 1200. The number of H-pyrrole nitrogens is 2. The van der Waals surface area contributed by atoms with Gasteiger partial charge < -0.3 is 15.7 Å². The Balaban J connectivity index is 0.000000215. The van der Waals surface area contributed by atoms with Crippen molar-refractivity contribution in [1.29, 1.82) is 0 Å². The monoisotopic (exact) mass is 422 g/mol. The van der Waals surface area contributed by atoms with Gasteiger partial charge in [0, 0.05) is 50.9 Å². The van der Waals surface area contributed by atoms with E-state index in [9.17, 15) is 10.1 Å². The first-order chi connectivity index (χ1) is 13.8. The van der Waals surface area contributed by atoms with E-state index in [1.54, 1.807) is 12.1 Å². The molecule has 4 N–H and O–H groups in total. The Morgan fingerprint density at radius 3 is 1.68 bits per heavy atom. The van der Waals surface area contributed by atoms with E-state index in [-0.39, 0.29) is 28.9 Å². The number of aromatic amines is 2. The van der Waals surface area contributed by atoms with Gasteiger partial charge in [0.2, 0.25) is 0 Å². The van der Waals surface area contributed by atoms with Crippen LogP contribution < -0.4 is 5.73 Å². The van der Waals surface area contributed by atoms with Gasteiger partial charge in [0.1, 0.15) is 0 Å². The maximum atomic E-state index is 10.6. The molecule has 0 spiro atoms. The number of nitro benzene ring substituents is 1. The van der Waals surface area contributed by atoms with Gasteiger partial charge in [-0.15, -0.1) is 0 Å². The molecular formula is C25H34N4O2. The second-order valence-electron chi connectivity index (χ2n) is 9.74. The number of nitrogens with two attached hydrogens (primary N) is 1. The maximum absolute atomic E-state index is 10.6. The molecule has 0 aliphatic heterocycles. The molecule has 0 aliphatic rings. The zero-order chi connectivity index (χ0) is 22.3. The summed E-state index contributed by atoms with van der Waals surface area (Å²) in [7, 11) is 0. The Labute approximate surface area is 184 Å². The Kier molecular flexibility index (Phi) is 6.54. The van der Waals surface area contributed by atoms with Crippen molar-refractivity contribution in [3.63, 3.8) is 0 Å². The second kappa shape index (κ2) is 8.46. The lowest BCUT2D eigenvalue weighted by Gasteiger charge is -2.15. The zero-order valence-corrected chi connectivity index (χ0v) is 18.5. The van der Waals surface area contributed by atoms with Gasteiger partial charge >= 0.3 is 0 Å². The third kappa shape index (κ3) is 5.45. The van der Waals surface area contributed by atoms with Gasteiger partial charge in [-0.05, 0) is 35.7 Å². The van der Waals surface area contributed by atoms with Gasteiger partial charge in [0.25, 0.3) is 5.69 Å². The van der Waals surface area contributed by atoms with Crippen LogP contribution in [0, 0.1) is 10.1 Å². The molecule has 0 fully saturated rings. The van der Waals surface area contributed by atoms with Crippen LogP contribution in [0.1, 0.15) is 60.4 Å². The molecule has 166 valence electrons. The number of benzene rings is 2. The summed E-state index contributed by atoms with van der Waals surface area (Å²) in [6.07, 6.45) is 0. The number of nitrogens with zero attached hydrogens (tertiary/aromatic N) is 1. The van der Waals surface area contributed by atoms with Crippen LogP contribution in [0.25, 0.3) is 21.8 Å². The Morgan fingerprint density at radius 1 is 0.774 bits per heavy atom. The summed E-state index contributed by atoms with van der Waals surface area (Å²) >= 11 is 0. The lowest BCUT2D eigenvalue weighted by molar-refractivity contribution is -0.384. The molecule has 2 aromatic carbocycles. The third-order valence-corrected chi connectivity index (χ3v) is 5.08.